The smallest absolute Gasteiger partial charge is 0.281 e. The molecule has 1 unspecified atom stereocenters. The van der Waals surface area contributed by atoms with Crippen LogP contribution in [0.5, 0.6) is 0 Å². The summed E-state index contributed by atoms with van der Waals surface area (Å²) in [7, 11) is 0. The number of hydrogen-bond acceptors (Lipinski definition) is 9. The Labute approximate surface area is 242 Å². The van der Waals surface area contributed by atoms with Crippen LogP contribution in [0.25, 0.3) is 22.6 Å². The minimum absolute atomic E-state index is 0.0995. The van der Waals surface area contributed by atoms with E-state index in [0.29, 0.717) is 60.5 Å². The number of imidazole rings is 1. The summed E-state index contributed by atoms with van der Waals surface area (Å²) in [5, 5.41) is 13.1. The highest BCUT2D eigenvalue weighted by atomic mass is 19.1. The molecule has 1 amide bonds. The first kappa shape index (κ1) is 28.1. The topological polar surface area (TPSA) is 141 Å². The second kappa shape index (κ2) is 12.0. The van der Waals surface area contributed by atoms with Crippen LogP contribution in [0, 0.1) is 11.2 Å². The number of anilines is 1. The Morgan fingerprint density at radius 2 is 2.05 bits per heavy atom. The molecule has 3 aliphatic heterocycles. The lowest BCUT2D eigenvalue weighted by atomic mass is 9.90. The average Bonchev–Trinajstić information content (AvgIpc) is 3.78. The van der Waals surface area contributed by atoms with Crippen molar-refractivity contribution in [2.45, 2.75) is 32.2 Å². The van der Waals surface area contributed by atoms with E-state index < -0.39 is 17.8 Å². The van der Waals surface area contributed by atoms with E-state index in [4.69, 9.17) is 19.4 Å². The molecule has 0 spiro atoms. The summed E-state index contributed by atoms with van der Waals surface area (Å²) in [5.41, 5.74) is 1.57. The summed E-state index contributed by atoms with van der Waals surface area (Å²) in [6, 6.07) is 7.84. The molecule has 2 saturated heterocycles. The highest BCUT2D eigenvalue weighted by Gasteiger charge is 2.44. The average molecular weight is 578 g/mol. The number of benzene rings is 1. The Balaban J connectivity index is 1.19. The maximum atomic E-state index is 13.7. The number of ether oxygens (including phenoxy) is 2. The molecule has 0 bridgehead atoms. The van der Waals surface area contributed by atoms with E-state index >= 15 is 0 Å². The van der Waals surface area contributed by atoms with Gasteiger partial charge in [-0.25, -0.2) is 19.3 Å². The number of likely N-dealkylation sites (tertiary alicyclic amines) is 1. The number of carbonyl (C=O) groups is 1. The first-order chi connectivity index (χ1) is 20.4. The minimum Gasteiger partial charge on any atom is -0.391 e. The van der Waals surface area contributed by atoms with Gasteiger partial charge in [-0.15, -0.1) is 0 Å². The van der Waals surface area contributed by atoms with Gasteiger partial charge in [0.05, 0.1) is 48.4 Å². The zero-order valence-corrected chi connectivity index (χ0v) is 23.4. The second-order valence-electron chi connectivity index (χ2n) is 11.0. The van der Waals surface area contributed by atoms with Crippen molar-refractivity contribution in [3.05, 3.63) is 48.2 Å². The van der Waals surface area contributed by atoms with Gasteiger partial charge in [-0.05, 0) is 43.7 Å². The number of aliphatic imine (C=N–C) groups is 1. The van der Waals surface area contributed by atoms with Gasteiger partial charge in [-0.2, -0.15) is 0 Å². The van der Waals surface area contributed by atoms with Gasteiger partial charge in [0.1, 0.15) is 12.4 Å². The molecule has 0 radical (unpaired) electrons. The number of amides is 1. The van der Waals surface area contributed by atoms with Crippen molar-refractivity contribution >= 4 is 24.4 Å². The van der Waals surface area contributed by atoms with Crippen LogP contribution in [0.3, 0.4) is 0 Å². The van der Waals surface area contributed by atoms with Crippen LogP contribution in [-0.4, -0.2) is 105 Å². The zero-order chi connectivity index (χ0) is 29.1. The lowest BCUT2D eigenvalue weighted by Gasteiger charge is -2.37. The zero-order valence-electron chi connectivity index (χ0n) is 23.4. The van der Waals surface area contributed by atoms with Crippen LogP contribution < -0.4 is 5.32 Å². The molecule has 0 aliphatic carbocycles. The number of hydrogen-bond donors (Lipinski definition) is 3. The highest BCUT2D eigenvalue weighted by molar-refractivity contribution is 5.83. The Morgan fingerprint density at radius 3 is 2.76 bits per heavy atom. The van der Waals surface area contributed by atoms with E-state index in [9.17, 15) is 14.3 Å². The number of rotatable bonds is 9. The molecule has 3 aromatic rings. The third-order valence-electron chi connectivity index (χ3n) is 7.60. The number of aromatic nitrogens is 4. The van der Waals surface area contributed by atoms with Gasteiger partial charge in [-0.1, -0.05) is 4.99 Å². The SMILES string of the molecule is CC1(C(=O)N2CCC(O)C2)COC(c2nc(-c3ccc(F)cc3)c(-c3ccnc(NCCC[N+]4=CN=CC4)n3)[nH]2)OC1. The van der Waals surface area contributed by atoms with E-state index in [2.05, 4.69) is 24.9 Å². The highest BCUT2D eigenvalue weighted by Crippen LogP contribution is 2.36. The molecule has 1 atom stereocenters. The van der Waals surface area contributed by atoms with Gasteiger partial charge in [0.2, 0.25) is 18.1 Å². The Morgan fingerprint density at radius 1 is 1.24 bits per heavy atom. The van der Waals surface area contributed by atoms with Crippen molar-refractivity contribution in [3.8, 4) is 22.6 Å². The molecule has 3 aliphatic rings. The third kappa shape index (κ3) is 6.08. The summed E-state index contributed by atoms with van der Waals surface area (Å²) in [6.07, 6.45) is 5.50. The maximum Gasteiger partial charge on any atom is 0.281 e. The van der Waals surface area contributed by atoms with Gasteiger partial charge in [-0.3, -0.25) is 9.37 Å². The van der Waals surface area contributed by atoms with Crippen molar-refractivity contribution in [1.82, 2.24) is 24.8 Å². The molecule has 13 heteroatoms. The van der Waals surface area contributed by atoms with E-state index in [0.717, 1.165) is 19.5 Å². The molecular weight excluding hydrogens is 543 g/mol. The largest absolute Gasteiger partial charge is 0.391 e. The van der Waals surface area contributed by atoms with E-state index in [1.165, 1.54) is 12.1 Å². The third-order valence-corrected chi connectivity index (χ3v) is 7.60. The Bertz CT molecular complexity index is 1480. The second-order valence-corrected chi connectivity index (χ2v) is 11.0. The van der Waals surface area contributed by atoms with Gasteiger partial charge in [0, 0.05) is 37.8 Å². The predicted molar refractivity (Wildman–Crippen MR) is 153 cm³/mol. The molecule has 220 valence electrons. The molecule has 42 heavy (non-hydrogen) atoms. The fourth-order valence-corrected chi connectivity index (χ4v) is 5.26. The lowest BCUT2D eigenvalue weighted by molar-refractivity contribution is -0.504. The number of nitrogens with one attached hydrogen (secondary N) is 2. The Hall–Kier alpha value is -4.07. The van der Waals surface area contributed by atoms with Crippen LogP contribution in [0.2, 0.25) is 0 Å². The van der Waals surface area contributed by atoms with E-state index in [1.807, 2.05) is 12.6 Å². The summed E-state index contributed by atoms with van der Waals surface area (Å²) in [4.78, 5) is 36.1. The number of nitrogens with zero attached hydrogens (tertiary/aromatic N) is 6. The number of aliphatic hydroxyl groups excluding tert-OH is 1. The monoisotopic (exact) mass is 577 g/mol. The predicted octanol–water partition coefficient (Wildman–Crippen LogP) is 2.24. The number of carbonyl (C=O) groups excluding carboxylic acids is 1. The maximum absolute atomic E-state index is 13.7. The quantitative estimate of drug-likeness (QED) is 0.260. The summed E-state index contributed by atoms with van der Waals surface area (Å²) in [6.45, 7) is 5.29. The van der Waals surface area contributed by atoms with Crippen LogP contribution in [-0.2, 0) is 14.3 Å². The molecule has 12 nitrogen and oxygen atoms in total. The van der Waals surface area contributed by atoms with Gasteiger partial charge < -0.3 is 29.8 Å². The van der Waals surface area contributed by atoms with Gasteiger partial charge in [0.25, 0.3) is 6.34 Å². The van der Waals surface area contributed by atoms with Crippen molar-refractivity contribution in [1.29, 1.82) is 0 Å². The molecule has 2 aromatic heterocycles. The van der Waals surface area contributed by atoms with Crippen molar-refractivity contribution in [2.24, 2.45) is 10.4 Å². The normalized spacial score (nSPS) is 23.8. The van der Waals surface area contributed by atoms with E-state index in [-0.39, 0.29) is 24.9 Å². The number of β-amino-alcohol motifs (C(OH)–C–C–N with tert-alkyl or cyclic N) is 1. The first-order valence-electron chi connectivity index (χ1n) is 14.1. The summed E-state index contributed by atoms with van der Waals surface area (Å²) in [5.74, 6) is 0.433. The summed E-state index contributed by atoms with van der Waals surface area (Å²) >= 11 is 0. The number of H-pyrrole nitrogens is 1. The van der Waals surface area contributed by atoms with Crippen LogP contribution in [0.15, 0.2) is 41.5 Å². The van der Waals surface area contributed by atoms with Crippen molar-refractivity contribution in [3.63, 3.8) is 0 Å². The standard InChI is InChI=1S/C29H34FN8O4/c1-29(27(40)38-13-8-21(39)15-38)16-41-26(42-17-29)25-35-23(19-3-5-20(30)6-4-19)24(36-25)22-7-10-33-28(34-22)32-9-2-12-37-14-11-31-18-37/h3-7,10-11,18,21,26,39H,2,8-9,12-17H2,1H3,(H,35,36)(H,32,33,34)/q+1. The molecule has 6 rings (SSSR count). The van der Waals surface area contributed by atoms with Crippen molar-refractivity contribution < 1.29 is 28.3 Å². The van der Waals surface area contributed by atoms with Gasteiger partial charge >= 0.3 is 0 Å². The molecule has 3 N–H and O–H groups in total. The number of halogens is 1. The van der Waals surface area contributed by atoms with Gasteiger partial charge in [0.15, 0.2) is 12.0 Å². The van der Waals surface area contributed by atoms with Crippen LogP contribution in [0.4, 0.5) is 10.3 Å². The molecule has 0 saturated carbocycles. The summed E-state index contributed by atoms with van der Waals surface area (Å²) < 4.78 is 27.9. The van der Waals surface area contributed by atoms with Crippen LogP contribution in [0.1, 0.15) is 31.9 Å². The number of aliphatic hydroxyl groups is 1. The minimum atomic E-state index is -0.872. The van der Waals surface area contributed by atoms with Crippen molar-refractivity contribution in [2.75, 3.05) is 51.3 Å². The fourth-order valence-electron chi connectivity index (χ4n) is 5.26. The Kier molecular flexibility index (Phi) is 8.05. The molecular formula is C29H34FN8O4+. The first-order valence-corrected chi connectivity index (χ1v) is 14.1. The molecule has 5 heterocycles. The molecule has 1 aromatic carbocycles. The molecule has 2 fully saturated rings. The van der Waals surface area contributed by atoms with Crippen LogP contribution >= 0.6 is 0 Å². The van der Waals surface area contributed by atoms with E-state index in [1.54, 1.807) is 36.2 Å². The fraction of sp³-hybridized carbons (Fsp3) is 0.448. The lowest BCUT2D eigenvalue weighted by Crippen LogP contribution is -2.49. The number of aromatic amines is 1.